The van der Waals surface area contributed by atoms with Crippen molar-refractivity contribution in [2.24, 2.45) is 29.0 Å². The number of carboxylic acids is 2. The van der Waals surface area contributed by atoms with Crippen LogP contribution in [0.3, 0.4) is 0 Å². The van der Waals surface area contributed by atoms with E-state index < -0.39 is 144 Å². The number of carboxylic acid groups (broad SMARTS) is 2. The van der Waals surface area contributed by atoms with Gasteiger partial charge in [-0.2, -0.15) is 0 Å². The molecule has 0 aliphatic carbocycles. The lowest BCUT2D eigenvalue weighted by molar-refractivity contribution is -0.148. The second-order valence-electron chi connectivity index (χ2n) is 19.1. The maximum absolute atomic E-state index is 14.0. The van der Waals surface area contributed by atoms with E-state index in [-0.39, 0.29) is 50.4 Å². The molecule has 1 rings (SSSR count). The Labute approximate surface area is 436 Å². The van der Waals surface area contributed by atoms with E-state index in [1.54, 1.807) is 39.8 Å². The van der Waals surface area contributed by atoms with Crippen molar-refractivity contribution in [2.45, 2.75) is 167 Å². The van der Waals surface area contributed by atoms with E-state index in [1.165, 1.54) is 26.0 Å². The average Bonchev–Trinajstić information content (AvgIpc) is 3.32. The molecule has 27 nitrogen and oxygen atoms in total. The number of benzene rings is 1. The van der Waals surface area contributed by atoms with Gasteiger partial charge in [0.1, 0.15) is 54.1 Å². The summed E-state index contributed by atoms with van der Waals surface area (Å²) in [5.74, 6) is -11.6. The quantitative estimate of drug-likeness (QED) is 0.0290. The highest BCUT2D eigenvalue weighted by molar-refractivity contribution is 5.98. The number of nitrogens with one attached hydrogen (secondary N) is 9. The highest BCUT2D eigenvalue weighted by Crippen LogP contribution is 2.14. The molecule has 0 saturated carbocycles. The second kappa shape index (κ2) is 33.8. The Kier molecular flexibility index (Phi) is 29.7. The summed E-state index contributed by atoms with van der Waals surface area (Å²) >= 11 is 0. The summed E-state index contributed by atoms with van der Waals surface area (Å²) in [6.07, 6.45) is -0.820. The van der Waals surface area contributed by atoms with Gasteiger partial charge in [0.05, 0.1) is 25.1 Å². The first-order chi connectivity index (χ1) is 35.1. The predicted octanol–water partition coefficient (Wildman–Crippen LogP) is -3.80. The fourth-order valence-corrected chi connectivity index (χ4v) is 7.16. The van der Waals surface area contributed by atoms with E-state index >= 15 is 0 Å². The zero-order chi connectivity index (χ0) is 57.1. The summed E-state index contributed by atoms with van der Waals surface area (Å²) in [5.41, 5.74) is 17.7. The normalized spacial score (nSPS) is 15.2. The lowest BCUT2D eigenvalue weighted by Gasteiger charge is -2.28. The van der Waals surface area contributed by atoms with E-state index in [0.717, 1.165) is 6.92 Å². The van der Waals surface area contributed by atoms with Crippen molar-refractivity contribution in [1.82, 2.24) is 47.9 Å². The number of rotatable bonds is 35. The summed E-state index contributed by atoms with van der Waals surface area (Å²) in [4.78, 5) is 143. The van der Waals surface area contributed by atoms with Gasteiger partial charge in [-0.25, -0.2) is 4.79 Å². The number of amides is 9. The molecule has 0 saturated heterocycles. The van der Waals surface area contributed by atoms with E-state index in [1.807, 2.05) is 5.32 Å². The summed E-state index contributed by atoms with van der Waals surface area (Å²) in [7, 11) is 0. The molecule has 9 amide bonds. The second-order valence-corrected chi connectivity index (χ2v) is 19.1. The van der Waals surface area contributed by atoms with Gasteiger partial charge in [0.15, 0.2) is 0 Å². The van der Waals surface area contributed by atoms with Crippen molar-refractivity contribution >= 4 is 65.1 Å². The zero-order valence-electron chi connectivity index (χ0n) is 43.7. The van der Waals surface area contributed by atoms with Crippen LogP contribution in [-0.4, -0.2) is 166 Å². The van der Waals surface area contributed by atoms with Crippen molar-refractivity contribution in [2.75, 3.05) is 19.6 Å². The molecule has 10 atom stereocenters. The smallest absolute Gasteiger partial charge is 0.326 e. The molecule has 1 aromatic rings. The van der Waals surface area contributed by atoms with Gasteiger partial charge < -0.3 is 85.5 Å². The van der Waals surface area contributed by atoms with Crippen LogP contribution in [-0.2, 0) is 59.2 Å². The Morgan fingerprint density at radius 1 is 0.533 bits per heavy atom. The molecule has 0 bridgehead atoms. The number of unbranched alkanes of at least 4 members (excludes halogenated alkanes) is 2. The molecule has 0 radical (unpaired) electrons. The SMILES string of the molecule is CC(C)C[C@H](NC(=O)[C@H](Cc1ccc(O)cc1)NC(=O)[C@H](C)N)C(=O)NCC(=O)N[C@@H](CCCCN)C(=O)N[C@@H](CCCCN)C(=O)N[C@H](C(=O)N[C@@H](C)C(=O)N[C@H](C(=O)N[C@@H](CC(=O)O)C(=O)O)[C@@H](C)O)C(C)C. The largest absolute Gasteiger partial charge is 0.508 e. The fourth-order valence-electron chi connectivity index (χ4n) is 7.16. The van der Waals surface area contributed by atoms with Gasteiger partial charge in [-0.1, -0.05) is 39.8 Å². The maximum Gasteiger partial charge on any atom is 0.326 e. The Morgan fingerprint density at radius 2 is 1.01 bits per heavy atom. The Morgan fingerprint density at radius 3 is 1.51 bits per heavy atom. The number of nitrogens with two attached hydrogens (primary N) is 3. The van der Waals surface area contributed by atoms with Crippen molar-refractivity contribution in [3.63, 3.8) is 0 Å². The molecular weight excluding hydrogens is 985 g/mol. The number of carbonyl (C=O) groups is 11. The van der Waals surface area contributed by atoms with Gasteiger partial charge in [-0.15, -0.1) is 0 Å². The van der Waals surface area contributed by atoms with Gasteiger partial charge >= 0.3 is 11.9 Å². The summed E-state index contributed by atoms with van der Waals surface area (Å²) in [5, 5.41) is 60.4. The topological polar surface area (TPSA) is 455 Å². The van der Waals surface area contributed by atoms with E-state index in [0.29, 0.717) is 31.2 Å². The molecule has 0 aromatic heterocycles. The highest BCUT2D eigenvalue weighted by atomic mass is 16.4. The van der Waals surface area contributed by atoms with Gasteiger partial charge in [0.2, 0.25) is 53.2 Å². The van der Waals surface area contributed by atoms with Gasteiger partial charge in [-0.05, 0) is 108 Å². The van der Waals surface area contributed by atoms with Gasteiger partial charge in [-0.3, -0.25) is 47.9 Å². The van der Waals surface area contributed by atoms with E-state index in [2.05, 4.69) is 42.5 Å². The minimum atomic E-state index is -1.89. The standard InChI is InChI=1S/C48H80N12O15/c1-24(2)20-33(57-45(71)34(56-40(66)26(5)51)21-29-14-16-30(62)17-15-29)42(68)52-23-36(63)54-31(12-8-10-18-49)43(69)55-32(13-9-11-19-50)44(70)59-38(25(3)4)46(72)53-27(6)41(67)60-39(28(7)61)47(73)58-35(48(74)75)22-37(64)65/h14-17,24-28,31-35,38-39,61-62H,8-13,18-23,49-51H2,1-7H3,(H,52,68)(H,53,72)(H,54,63)(H,55,69)(H,56,66)(H,57,71)(H,58,73)(H,59,70)(H,60,67)(H,64,65)(H,74,75)/t26-,27-,28+,31-,32-,33-,34-,35-,38-,39-/m0/s1. The first kappa shape index (κ1) is 66.0. The number of hydrogen-bond donors (Lipinski definition) is 16. The number of aliphatic hydroxyl groups excluding tert-OH is 1. The fraction of sp³-hybridized carbons (Fsp3) is 0.646. The molecule has 0 unspecified atom stereocenters. The van der Waals surface area contributed by atoms with Crippen LogP contribution in [0.2, 0.25) is 0 Å². The van der Waals surface area contributed by atoms with Crippen molar-refractivity contribution in [3.8, 4) is 5.75 Å². The highest BCUT2D eigenvalue weighted by Gasteiger charge is 2.35. The Balaban J connectivity index is 3.23. The van der Waals surface area contributed by atoms with E-state index in [4.69, 9.17) is 22.3 Å². The maximum atomic E-state index is 14.0. The number of phenolic OH excluding ortho intramolecular Hbond substituents is 1. The van der Waals surface area contributed by atoms with Crippen molar-refractivity contribution < 1.29 is 73.2 Å². The third-order valence-electron chi connectivity index (χ3n) is 11.4. The summed E-state index contributed by atoms with van der Waals surface area (Å²) < 4.78 is 0. The summed E-state index contributed by atoms with van der Waals surface area (Å²) in [6.45, 7) is 10.4. The minimum Gasteiger partial charge on any atom is -0.508 e. The van der Waals surface area contributed by atoms with Gasteiger partial charge in [0, 0.05) is 6.42 Å². The molecule has 0 aliphatic heterocycles. The number of aliphatic carboxylic acids is 2. The molecule has 1 aromatic carbocycles. The Hall–Kier alpha value is -6.97. The van der Waals surface area contributed by atoms with Crippen LogP contribution in [0.25, 0.3) is 0 Å². The molecule has 27 heteroatoms. The Bertz CT molecular complexity index is 2090. The van der Waals surface area contributed by atoms with Crippen LogP contribution >= 0.6 is 0 Å². The van der Waals surface area contributed by atoms with Crippen LogP contribution in [0, 0.1) is 11.8 Å². The van der Waals surface area contributed by atoms with Crippen molar-refractivity contribution in [3.05, 3.63) is 29.8 Å². The third kappa shape index (κ3) is 25.2. The van der Waals surface area contributed by atoms with Crippen LogP contribution < -0.4 is 65.1 Å². The van der Waals surface area contributed by atoms with Crippen LogP contribution in [0.5, 0.6) is 5.75 Å². The van der Waals surface area contributed by atoms with Crippen LogP contribution in [0.15, 0.2) is 24.3 Å². The van der Waals surface area contributed by atoms with Gasteiger partial charge in [0.25, 0.3) is 0 Å². The van der Waals surface area contributed by atoms with Crippen molar-refractivity contribution in [1.29, 1.82) is 0 Å². The molecule has 0 heterocycles. The lowest BCUT2D eigenvalue weighted by atomic mass is 10.0. The monoisotopic (exact) mass is 1060 g/mol. The minimum absolute atomic E-state index is 0.0116. The number of hydrogen-bond acceptors (Lipinski definition) is 16. The van der Waals surface area contributed by atoms with Crippen LogP contribution in [0.4, 0.5) is 0 Å². The van der Waals surface area contributed by atoms with E-state index in [9.17, 15) is 68.1 Å². The predicted molar refractivity (Wildman–Crippen MR) is 271 cm³/mol. The lowest BCUT2D eigenvalue weighted by Crippen LogP contribution is -2.61. The summed E-state index contributed by atoms with van der Waals surface area (Å²) in [6, 6.07) is -6.33. The molecule has 0 spiro atoms. The molecule has 19 N–H and O–H groups in total. The first-order valence-electron chi connectivity index (χ1n) is 24.9. The number of carbonyl (C=O) groups excluding carboxylic acids is 9. The molecular formula is C48H80N12O15. The molecule has 422 valence electrons. The molecule has 0 aliphatic rings. The molecule has 75 heavy (non-hydrogen) atoms. The number of phenols is 1. The number of aromatic hydroxyl groups is 1. The molecule has 0 fully saturated rings. The first-order valence-corrected chi connectivity index (χ1v) is 24.9. The average molecular weight is 1070 g/mol. The number of aliphatic hydroxyl groups is 1. The van der Waals surface area contributed by atoms with Crippen LogP contribution in [0.1, 0.15) is 105 Å². The zero-order valence-corrected chi connectivity index (χ0v) is 43.7. The third-order valence-corrected chi connectivity index (χ3v) is 11.4.